The fraction of sp³-hybridized carbons (Fsp3) is 0.286. The number of thiazole rings is 1. The molecule has 4 rings (SSSR count). The zero-order valence-electron chi connectivity index (χ0n) is 17.2. The summed E-state index contributed by atoms with van der Waals surface area (Å²) in [4.78, 5) is 35.1. The van der Waals surface area contributed by atoms with Crippen molar-refractivity contribution in [3.05, 3.63) is 68.9 Å². The minimum absolute atomic E-state index is 0.0798. The molecule has 0 radical (unpaired) electrons. The molecule has 11 heteroatoms. The van der Waals surface area contributed by atoms with E-state index in [0.717, 1.165) is 4.57 Å². The monoisotopic (exact) mass is 462 g/mol. The van der Waals surface area contributed by atoms with Crippen LogP contribution in [0.25, 0.3) is 16.0 Å². The third kappa shape index (κ3) is 4.21. The zero-order chi connectivity index (χ0) is 22.8. The molecule has 1 aromatic carbocycles. The van der Waals surface area contributed by atoms with E-state index in [-0.39, 0.29) is 23.3 Å². The molecule has 3 heterocycles. The van der Waals surface area contributed by atoms with Crippen LogP contribution in [-0.2, 0) is 4.74 Å². The van der Waals surface area contributed by atoms with E-state index in [1.165, 1.54) is 17.4 Å². The van der Waals surface area contributed by atoms with Crippen LogP contribution < -0.4 is 20.9 Å². The summed E-state index contributed by atoms with van der Waals surface area (Å²) in [7, 11) is 0. The molecule has 0 saturated carbocycles. The zero-order valence-corrected chi connectivity index (χ0v) is 18.0. The van der Waals surface area contributed by atoms with Gasteiger partial charge in [-0.25, -0.2) is 23.1 Å². The first kappa shape index (κ1) is 21.9. The van der Waals surface area contributed by atoms with Crippen molar-refractivity contribution >= 4 is 26.8 Å². The van der Waals surface area contributed by atoms with Crippen LogP contribution in [-0.4, -0.2) is 47.4 Å². The van der Waals surface area contributed by atoms with Crippen molar-refractivity contribution in [2.24, 2.45) is 0 Å². The quantitative estimate of drug-likeness (QED) is 0.567. The number of nitrogens with zero attached hydrogens (tertiary/aromatic N) is 3. The normalized spacial score (nSPS) is 14.7. The lowest BCUT2D eigenvalue weighted by atomic mass is 10.2. The van der Waals surface area contributed by atoms with Crippen molar-refractivity contribution in [2.75, 3.05) is 37.8 Å². The predicted molar refractivity (Wildman–Crippen MR) is 119 cm³/mol. The molecule has 1 N–H and O–H groups in total. The van der Waals surface area contributed by atoms with Gasteiger partial charge in [0, 0.05) is 19.2 Å². The van der Waals surface area contributed by atoms with Crippen LogP contribution >= 0.6 is 11.3 Å². The number of benzene rings is 1. The van der Waals surface area contributed by atoms with Crippen LogP contribution in [0, 0.1) is 6.92 Å². The first-order valence-electron chi connectivity index (χ1n) is 9.75. The number of rotatable bonds is 6. The van der Waals surface area contributed by atoms with Crippen LogP contribution in [0.3, 0.4) is 0 Å². The van der Waals surface area contributed by atoms with Crippen molar-refractivity contribution in [3.8, 4) is 11.4 Å². The maximum atomic E-state index is 13.2. The second-order valence-electron chi connectivity index (χ2n) is 7.12. The van der Waals surface area contributed by atoms with Crippen LogP contribution in [0.4, 0.5) is 13.9 Å². The summed E-state index contributed by atoms with van der Waals surface area (Å²) in [5.41, 5.74) is -0.346. The minimum atomic E-state index is -0.945. The van der Waals surface area contributed by atoms with E-state index in [2.05, 4.69) is 16.5 Å². The third-order valence-electron chi connectivity index (χ3n) is 5.02. The van der Waals surface area contributed by atoms with Gasteiger partial charge in [0.05, 0.1) is 30.8 Å². The Balaban J connectivity index is 1.73. The average Bonchev–Trinajstić information content (AvgIpc) is 3.21. The molecule has 168 valence electrons. The van der Waals surface area contributed by atoms with Gasteiger partial charge >= 0.3 is 5.69 Å². The number of fused-ring (bicyclic) bond motifs is 1. The van der Waals surface area contributed by atoms with E-state index < -0.39 is 23.7 Å². The van der Waals surface area contributed by atoms with Gasteiger partial charge < -0.3 is 14.4 Å². The molecule has 2 aromatic heterocycles. The summed E-state index contributed by atoms with van der Waals surface area (Å²) in [6.07, 6.45) is 0.0798. The number of H-pyrrole nitrogens is 1. The fourth-order valence-corrected chi connectivity index (χ4v) is 4.25. The molecule has 1 saturated heterocycles. The smallest absolute Gasteiger partial charge is 0.334 e. The number of halogens is 2. The second-order valence-corrected chi connectivity index (χ2v) is 8.10. The number of aromatic amines is 1. The Bertz CT molecular complexity index is 1320. The molecule has 0 aliphatic carbocycles. The standard InChI is InChI=1S/C21H20F2N4O4S/c1-12-3-4-15(31-11-14(10-22)13(2)23)9-16(12)27-19(28)17-18(24-20(27)29)25-21(32-17)26-5-7-30-8-6-26/h3-4,9-10H,2,5-8,11H2,1H3,(H,24,29)/b14-10+. The number of hydrogen-bond acceptors (Lipinski definition) is 7. The lowest BCUT2D eigenvalue weighted by molar-refractivity contribution is 0.122. The molecular formula is C21H20F2N4O4S. The Morgan fingerprint density at radius 1 is 1.38 bits per heavy atom. The van der Waals surface area contributed by atoms with Crippen molar-refractivity contribution in [2.45, 2.75) is 6.92 Å². The number of ether oxygens (including phenoxy) is 2. The summed E-state index contributed by atoms with van der Waals surface area (Å²) >= 11 is 1.20. The molecule has 0 spiro atoms. The van der Waals surface area contributed by atoms with Crippen molar-refractivity contribution in [1.82, 2.24) is 14.5 Å². The summed E-state index contributed by atoms with van der Waals surface area (Å²) < 4.78 is 38.0. The van der Waals surface area contributed by atoms with E-state index >= 15 is 0 Å². The molecule has 1 aliphatic heterocycles. The molecule has 0 unspecified atom stereocenters. The van der Waals surface area contributed by atoms with Gasteiger partial charge in [0.2, 0.25) is 0 Å². The first-order chi connectivity index (χ1) is 15.4. The van der Waals surface area contributed by atoms with Crippen molar-refractivity contribution in [1.29, 1.82) is 0 Å². The number of nitrogens with one attached hydrogen (secondary N) is 1. The van der Waals surface area contributed by atoms with E-state index in [9.17, 15) is 18.4 Å². The second kappa shape index (κ2) is 9.05. The highest BCUT2D eigenvalue weighted by molar-refractivity contribution is 7.22. The lowest BCUT2D eigenvalue weighted by Gasteiger charge is -2.25. The largest absolute Gasteiger partial charge is 0.489 e. The molecule has 1 aliphatic rings. The molecule has 8 nitrogen and oxygen atoms in total. The van der Waals surface area contributed by atoms with Gasteiger partial charge in [-0.1, -0.05) is 24.0 Å². The van der Waals surface area contributed by atoms with Crippen LogP contribution in [0.5, 0.6) is 5.75 Å². The SMILES string of the molecule is C=C(F)/C(=C/F)COc1ccc(C)c(-n2c(=O)[nH]c3nc(N4CCOCC4)sc3c2=O)c1. The van der Waals surface area contributed by atoms with Gasteiger partial charge in [0.1, 0.15) is 22.9 Å². The van der Waals surface area contributed by atoms with Crippen LogP contribution in [0.1, 0.15) is 5.56 Å². The van der Waals surface area contributed by atoms with E-state index in [4.69, 9.17) is 9.47 Å². The van der Waals surface area contributed by atoms with Gasteiger partial charge in [-0.3, -0.25) is 9.78 Å². The molecular weight excluding hydrogens is 442 g/mol. The average molecular weight is 462 g/mol. The highest BCUT2D eigenvalue weighted by atomic mass is 32.1. The number of anilines is 1. The summed E-state index contributed by atoms with van der Waals surface area (Å²) in [6.45, 7) is 6.82. The Hall–Kier alpha value is -3.31. The fourth-order valence-electron chi connectivity index (χ4n) is 3.25. The van der Waals surface area contributed by atoms with Gasteiger partial charge in [0.25, 0.3) is 5.56 Å². The van der Waals surface area contributed by atoms with Gasteiger partial charge in [-0.15, -0.1) is 0 Å². The molecule has 0 bridgehead atoms. The van der Waals surface area contributed by atoms with Gasteiger partial charge in [0.15, 0.2) is 10.8 Å². The predicted octanol–water partition coefficient (Wildman–Crippen LogP) is 3.00. The summed E-state index contributed by atoms with van der Waals surface area (Å²) in [5, 5.41) is 0.639. The molecule has 32 heavy (non-hydrogen) atoms. The maximum Gasteiger partial charge on any atom is 0.334 e. The van der Waals surface area contributed by atoms with Crippen LogP contribution in [0.2, 0.25) is 0 Å². The molecule has 1 fully saturated rings. The van der Waals surface area contributed by atoms with Crippen LogP contribution in [0.15, 0.2) is 52.1 Å². The maximum absolute atomic E-state index is 13.2. The highest BCUT2D eigenvalue weighted by Gasteiger charge is 2.20. The summed E-state index contributed by atoms with van der Waals surface area (Å²) in [5.74, 6) is -0.713. The van der Waals surface area contributed by atoms with E-state index in [1.54, 1.807) is 19.1 Å². The Morgan fingerprint density at radius 2 is 2.12 bits per heavy atom. The van der Waals surface area contributed by atoms with Gasteiger partial charge in [-0.05, 0) is 18.6 Å². The minimum Gasteiger partial charge on any atom is -0.489 e. The molecule has 0 atom stereocenters. The molecule has 3 aromatic rings. The van der Waals surface area contributed by atoms with Crippen molar-refractivity contribution < 1.29 is 18.3 Å². The van der Waals surface area contributed by atoms with E-state index in [1.807, 2.05) is 4.90 Å². The molecule has 0 amide bonds. The highest BCUT2D eigenvalue weighted by Crippen LogP contribution is 2.26. The Kier molecular flexibility index (Phi) is 6.19. The van der Waals surface area contributed by atoms with Crippen molar-refractivity contribution in [3.63, 3.8) is 0 Å². The number of morpholine rings is 1. The number of hydrogen-bond donors (Lipinski definition) is 1. The Morgan fingerprint density at radius 3 is 2.81 bits per heavy atom. The third-order valence-corrected chi connectivity index (χ3v) is 6.12. The Labute approximate surface area is 185 Å². The lowest BCUT2D eigenvalue weighted by Crippen LogP contribution is -2.36. The number of aryl methyl sites for hydroxylation is 1. The summed E-state index contributed by atoms with van der Waals surface area (Å²) in [6, 6.07) is 4.70. The number of aromatic nitrogens is 3. The topological polar surface area (TPSA) is 89.4 Å². The van der Waals surface area contributed by atoms with Gasteiger partial charge in [-0.2, -0.15) is 0 Å². The van der Waals surface area contributed by atoms with E-state index in [0.29, 0.717) is 47.4 Å². The first-order valence-corrected chi connectivity index (χ1v) is 10.6.